The van der Waals surface area contributed by atoms with Gasteiger partial charge in [-0.1, -0.05) is 0 Å². The SMILES string of the molecule is CCN1C=CC(N)=C(N)C1. The van der Waals surface area contributed by atoms with E-state index < -0.39 is 0 Å². The van der Waals surface area contributed by atoms with Crippen LogP contribution < -0.4 is 11.5 Å². The van der Waals surface area contributed by atoms with Gasteiger partial charge in [0, 0.05) is 12.7 Å². The van der Waals surface area contributed by atoms with E-state index in [-0.39, 0.29) is 0 Å². The van der Waals surface area contributed by atoms with Crippen LogP contribution in [0, 0.1) is 0 Å². The molecule has 3 heteroatoms. The van der Waals surface area contributed by atoms with Gasteiger partial charge in [0.15, 0.2) is 0 Å². The van der Waals surface area contributed by atoms with Crippen LogP contribution in [0.2, 0.25) is 0 Å². The molecule has 1 aliphatic rings. The lowest BCUT2D eigenvalue weighted by Gasteiger charge is -2.22. The number of rotatable bonds is 1. The molecule has 0 spiro atoms. The number of nitrogens with zero attached hydrogens (tertiary/aromatic N) is 1. The minimum atomic E-state index is 0.699. The summed E-state index contributed by atoms with van der Waals surface area (Å²) in [6.07, 6.45) is 3.80. The lowest BCUT2D eigenvalue weighted by atomic mass is 10.2. The van der Waals surface area contributed by atoms with E-state index in [2.05, 4.69) is 11.8 Å². The predicted octanol–water partition coefficient (Wildman–Crippen LogP) is -0.0354. The summed E-state index contributed by atoms with van der Waals surface area (Å²) in [5.41, 5.74) is 12.6. The van der Waals surface area contributed by atoms with Crippen LogP contribution in [0.25, 0.3) is 0 Å². The van der Waals surface area contributed by atoms with Gasteiger partial charge in [0.25, 0.3) is 0 Å². The topological polar surface area (TPSA) is 55.3 Å². The second kappa shape index (κ2) is 2.64. The maximum Gasteiger partial charge on any atom is 0.0589 e. The molecule has 4 N–H and O–H groups in total. The Labute approximate surface area is 61.0 Å². The van der Waals surface area contributed by atoms with Gasteiger partial charge in [-0.15, -0.1) is 0 Å². The molecule has 0 radical (unpaired) electrons. The zero-order valence-corrected chi connectivity index (χ0v) is 6.17. The molecule has 1 heterocycles. The minimum Gasteiger partial charge on any atom is -0.399 e. The average molecular weight is 139 g/mol. The van der Waals surface area contributed by atoms with Crippen molar-refractivity contribution < 1.29 is 0 Å². The summed E-state index contributed by atoms with van der Waals surface area (Å²) in [5, 5.41) is 0. The molecule has 0 fully saturated rings. The van der Waals surface area contributed by atoms with E-state index in [4.69, 9.17) is 11.5 Å². The van der Waals surface area contributed by atoms with Gasteiger partial charge in [0.1, 0.15) is 0 Å². The summed E-state index contributed by atoms with van der Waals surface area (Å²) < 4.78 is 0. The van der Waals surface area contributed by atoms with Crippen LogP contribution in [-0.2, 0) is 0 Å². The fourth-order valence-electron chi connectivity index (χ4n) is 0.873. The third-order valence-corrected chi connectivity index (χ3v) is 1.62. The summed E-state index contributed by atoms with van der Waals surface area (Å²) >= 11 is 0. The first-order valence-electron chi connectivity index (χ1n) is 3.40. The molecule has 10 heavy (non-hydrogen) atoms. The lowest BCUT2D eigenvalue weighted by Crippen LogP contribution is -2.28. The first-order valence-corrected chi connectivity index (χ1v) is 3.40. The molecule has 0 aromatic rings. The van der Waals surface area contributed by atoms with E-state index >= 15 is 0 Å². The quantitative estimate of drug-likeness (QED) is 0.536. The van der Waals surface area contributed by atoms with Crippen molar-refractivity contribution in [3.8, 4) is 0 Å². The summed E-state index contributed by atoms with van der Waals surface area (Å²) in [5.74, 6) is 0. The van der Waals surface area contributed by atoms with Crippen molar-refractivity contribution in [3.63, 3.8) is 0 Å². The number of allylic oxidation sites excluding steroid dienone is 1. The molecule has 0 atom stereocenters. The van der Waals surface area contributed by atoms with Gasteiger partial charge in [-0.2, -0.15) is 0 Å². The maximum atomic E-state index is 5.61. The van der Waals surface area contributed by atoms with Gasteiger partial charge >= 0.3 is 0 Å². The Bertz CT molecular complexity index is 181. The third-order valence-electron chi connectivity index (χ3n) is 1.62. The zero-order chi connectivity index (χ0) is 7.56. The summed E-state index contributed by atoms with van der Waals surface area (Å²) in [4.78, 5) is 2.10. The Morgan fingerprint density at radius 1 is 1.60 bits per heavy atom. The number of likely N-dealkylation sites (N-methyl/N-ethyl adjacent to an activating group) is 1. The Balaban J connectivity index is 2.65. The second-order valence-electron chi connectivity index (χ2n) is 2.36. The molecule has 0 saturated carbocycles. The maximum absolute atomic E-state index is 5.61. The Morgan fingerprint density at radius 3 is 2.80 bits per heavy atom. The van der Waals surface area contributed by atoms with Crippen LogP contribution in [0.15, 0.2) is 23.7 Å². The van der Waals surface area contributed by atoms with E-state index in [1.807, 2.05) is 12.3 Å². The normalized spacial score (nSPS) is 18.3. The van der Waals surface area contributed by atoms with E-state index in [0.29, 0.717) is 5.70 Å². The molecule has 1 rings (SSSR count). The van der Waals surface area contributed by atoms with Crippen LogP contribution in [0.3, 0.4) is 0 Å². The molecule has 1 aliphatic heterocycles. The molecule has 0 bridgehead atoms. The second-order valence-corrected chi connectivity index (χ2v) is 2.36. The van der Waals surface area contributed by atoms with Crippen molar-refractivity contribution in [1.82, 2.24) is 4.90 Å². The first-order chi connectivity index (χ1) is 4.74. The highest BCUT2D eigenvalue weighted by Gasteiger charge is 2.05. The molecule has 56 valence electrons. The molecular formula is C7H13N3. The average Bonchev–Trinajstić information content (AvgIpc) is 1.95. The number of nitrogens with two attached hydrogens (primary N) is 2. The fraction of sp³-hybridized carbons (Fsp3) is 0.429. The van der Waals surface area contributed by atoms with Crippen LogP contribution in [0.1, 0.15) is 6.92 Å². The van der Waals surface area contributed by atoms with Crippen molar-refractivity contribution in [3.05, 3.63) is 23.7 Å². The van der Waals surface area contributed by atoms with Gasteiger partial charge < -0.3 is 16.4 Å². The van der Waals surface area contributed by atoms with Crippen LogP contribution in [-0.4, -0.2) is 18.0 Å². The van der Waals surface area contributed by atoms with E-state index in [0.717, 1.165) is 18.8 Å². The van der Waals surface area contributed by atoms with Gasteiger partial charge in [-0.3, -0.25) is 0 Å². The first kappa shape index (κ1) is 6.99. The zero-order valence-electron chi connectivity index (χ0n) is 6.17. The lowest BCUT2D eigenvalue weighted by molar-refractivity contribution is 0.420. The van der Waals surface area contributed by atoms with E-state index in [1.165, 1.54) is 0 Å². The van der Waals surface area contributed by atoms with Gasteiger partial charge in [-0.05, 0) is 13.0 Å². The molecule has 3 nitrogen and oxygen atoms in total. The van der Waals surface area contributed by atoms with Crippen LogP contribution >= 0.6 is 0 Å². The van der Waals surface area contributed by atoms with Gasteiger partial charge in [-0.25, -0.2) is 0 Å². The number of hydrogen-bond acceptors (Lipinski definition) is 3. The highest BCUT2D eigenvalue weighted by atomic mass is 15.1. The number of hydrogen-bond donors (Lipinski definition) is 2. The summed E-state index contributed by atoms with van der Waals surface area (Å²) in [6.45, 7) is 3.82. The Hall–Kier alpha value is -1.12. The molecule has 0 unspecified atom stereocenters. The fourth-order valence-corrected chi connectivity index (χ4v) is 0.873. The Morgan fingerprint density at radius 2 is 2.30 bits per heavy atom. The summed E-state index contributed by atoms with van der Waals surface area (Å²) in [7, 11) is 0. The standard InChI is InChI=1S/C7H13N3/c1-2-10-4-3-6(8)7(9)5-10/h3-4H,2,5,8-9H2,1H3. The van der Waals surface area contributed by atoms with Gasteiger partial charge in [0.2, 0.25) is 0 Å². The molecule has 0 aliphatic carbocycles. The Kier molecular flexibility index (Phi) is 1.85. The van der Waals surface area contributed by atoms with Crippen molar-refractivity contribution >= 4 is 0 Å². The smallest absolute Gasteiger partial charge is 0.0589 e. The van der Waals surface area contributed by atoms with Crippen LogP contribution in [0.4, 0.5) is 0 Å². The summed E-state index contributed by atoms with van der Waals surface area (Å²) in [6, 6.07) is 0. The molecule has 0 amide bonds. The molecular weight excluding hydrogens is 126 g/mol. The van der Waals surface area contributed by atoms with Crippen LogP contribution in [0.5, 0.6) is 0 Å². The monoisotopic (exact) mass is 139 g/mol. The highest BCUT2D eigenvalue weighted by molar-refractivity contribution is 5.25. The van der Waals surface area contributed by atoms with E-state index in [9.17, 15) is 0 Å². The largest absolute Gasteiger partial charge is 0.399 e. The predicted molar refractivity (Wildman–Crippen MR) is 41.8 cm³/mol. The minimum absolute atomic E-state index is 0.699. The third kappa shape index (κ3) is 1.23. The van der Waals surface area contributed by atoms with Crippen molar-refractivity contribution in [2.45, 2.75) is 6.92 Å². The van der Waals surface area contributed by atoms with Crippen molar-refractivity contribution in [1.29, 1.82) is 0 Å². The van der Waals surface area contributed by atoms with Crippen molar-refractivity contribution in [2.75, 3.05) is 13.1 Å². The van der Waals surface area contributed by atoms with Gasteiger partial charge in [0.05, 0.1) is 17.9 Å². The highest BCUT2D eigenvalue weighted by Crippen LogP contribution is 2.05. The molecule has 0 aromatic heterocycles. The van der Waals surface area contributed by atoms with Crippen molar-refractivity contribution in [2.24, 2.45) is 11.5 Å². The van der Waals surface area contributed by atoms with E-state index in [1.54, 1.807) is 0 Å². The molecule has 0 saturated heterocycles. The molecule has 0 aromatic carbocycles.